The van der Waals surface area contributed by atoms with Crippen LogP contribution in [0.3, 0.4) is 0 Å². The van der Waals surface area contributed by atoms with Crippen LogP contribution in [0.2, 0.25) is 0 Å². The number of rotatable bonds is 8. The first-order valence-electron chi connectivity index (χ1n) is 8.57. The van der Waals surface area contributed by atoms with Gasteiger partial charge in [0.1, 0.15) is 5.82 Å². The maximum Gasteiger partial charge on any atom is 0.230 e. The fourth-order valence-electron chi connectivity index (χ4n) is 2.86. The fourth-order valence-corrected chi connectivity index (χ4v) is 3.73. The minimum Gasteiger partial charge on any atom is -0.349 e. The summed E-state index contributed by atoms with van der Waals surface area (Å²) in [4.78, 5) is 12.4. The lowest BCUT2D eigenvalue weighted by Gasteiger charge is -2.18. The van der Waals surface area contributed by atoms with E-state index in [0.717, 1.165) is 29.4 Å². The second kappa shape index (κ2) is 7.83. The number of nitrogens with one attached hydrogen (secondary N) is 1. The number of benzene rings is 1. The molecule has 1 fully saturated rings. The Hall–Kier alpha value is -1.82. The van der Waals surface area contributed by atoms with Crippen molar-refractivity contribution in [2.24, 2.45) is 0 Å². The Morgan fingerprint density at radius 3 is 2.75 bits per heavy atom. The largest absolute Gasteiger partial charge is 0.349 e. The SMILES string of the molecule is CCC[C@H](NC(=O)CSc1nnc(C)n1C1CC1)c1ccccc1. The van der Waals surface area contributed by atoms with Gasteiger partial charge in [0, 0.05) is 6.04 Å². The predicted molar refractivity (Wildman–Crippen MR) is 96.0 cm³/mol. The Kier molecular flexibility index (Phi) is 5.56. The summed E-state index contributed by atoms with van der Waals surface area (Å²) in [5, 5.41) is 12.4. The molecule has 1 heterocycles. The minimum atomic E-state index is 0.0466. The van der Waals surface area contributed by atoms with E-state index in [9.17, 15) is 4.79 Å². The molecule has 1 saturated carbocycles. The molecule has 1 aliphatic carbocycles. The number of hydrogen-bond donors (Lipinski definition) is 1. The highest BCUT2D eigenvalue weighted by atomic mass is 32.2. The highest BCUT2D eigenvalue weighted by Crippen LogP contribution is 2.38. The number of carbonyl (C=O) groups is 1. The van der Waals surface area contributed by atoms with E-state index in [1.165, 1.54) is 24.6 Å². The van der Waals surface area contributed by atoms with Crippen molar-refractivity contribution in [3.63, 3.8) is 0 Å². The summed E-state index contributed by atoms with van der Waals surface area (Å²) in [6, 6.07) is 10.8. The van der Waals surface area contributed by atoms with Gasteiger partial charge in [-0.05, 0) is 31.7 Å². The van der Waals surface area contributed by atoms with Crippen LogP contribution in [0.1, 0.15) is 56.1 Å². The first-order chi connectivity index (χ1) is 11.7. The molecular formula is C18H24N4OS. The van der Waals surface area contributed by atoms with Crippen LogP contribution in [-0.2, 0) is 4.79 Å². The molecule has 5 nitrogen and oxygen atoms in total. The molecule has 1 aromatic carbocycles. The average Bonchev–Trinajstić information content (AvgIpc) is 3.36. The molecule has 3 rings (SSSR count). The van der Waals surface area contributed by atoms with Gasteiger partial charge in [-0.15, -0.1) is 10.2 Å². The van der Waals surface area contributed by atoms with Gasteiger partial charge in [0.2, 0.25) is 5.91 Å². The zero-order valence-electron chi connectivity index (χ0n) is 14.2. The van der Waals surface area contributed by atoms with Crippen LogP contribution in [-0.4, -0.2) is 26.4 Å². The molecule has 2 aromatic rings. The number of amides is 1. The maximum atomic E-state index is 12.4. The highest BCUT2D eigenvalue weighted by molar-refractivity contribution is 7.99. The quantitative estimate of drug-likeness (QED) is 0.742. The number of nitrogens with zero attached hydrogens (tertiary/aromatic N) is 3. The molecule has 24 heavy (non-hydrogen) atoms. The Balaban J connectivity index is 1.58. The summed E-state index contributed by atoms with van der Waals surface area (Å²) in [5.74, 6) is 1.36. The van der Waals surface area contributed by atoms with Gasteiger partial charge in [-0.2, -0.15) is 0 Å². The van der Waals surface area contributed by atoms with Crippen LogP contribution < -0.4 is 5.32 Å². The number of aryl methyl sites for hydroxylation is 1. The first kappa shape index (κ1) is 17.0. The molecule has 1 amide bonds. The second-order valence-corrected chi connectivity index (χ2v) is 7.18. The van der Waals surface area contributed by atoms with E-state index in [1.807, 2.05) is 25.1 Å². The lowest BCUT2D eigenvalue weighted by atomic mass is 10.0. The Bertz CT molecular complexity index is 682. The summed E-state index contributed by atoms with van der Waals surface area (Å²) in [5.41, 5.74) is 1.16. The van der Waals surface area contributed by atoms with Crippen molar-refractivity contribution in [3.05, 3.63) is 41.7 Å². The third kappa shape index (κ3) is 4.17. The van der Waals surface area contributed by atoms with Crippen molar-refractivity contribution in [2.75, 3.05) is 5.75 Å². The minimum absolute atomic E-state index is 0.0466. The third-order valence-electron chi connectivity index (χ3n) is 4.19. The van der Waals surface area contributed by atoms with Gasteiger partial charge in [0.05, 0.1) is 11.8 Å². The summed E-state index contributed by atoms with van der Waals surface area (Å²) in [7, 11) is 0. The number of aromatic nitrogens is 3. The van der Waals surface area contributed by atoms with E-state index < -0.39 is 0 Å². The van der Waals surface area contributed by atoms with Crippen LogP contribution in [0.5, 0.6) is 0 Å². The third-order valence-corrected chi connectivity index (χ3v) is 5.14. The van der Waals surface area contributed by atoms with Crippen molar-refractivity contribution >= 4 is 17.7 Å². The first-order valence-corrected chi connectivity index (χ1v) is 9.56. The van der Waals surface area contributed by atoms with E-state index in [1.54, 1.807) is 0 Å². The lowest BCUT2D eigenvalue weighted by molar-refractivity contribution is -0.119. The molecule has 1 aliphatic rings. The standard InChI is InChI=1S/C18H24N4OS/c1-3-7-16(14-8-5-4-6-9-14)19-17(23)12-24-18-21-20-13(2)22(18)15-10-11-15/h4-6,8-9,15-16H,3,7,10-12H2,1-2H3,(H,19,23)/t16-/m0/s1. The van der Waals surface area contributed by atoms with E-state index in [2.05, 4.69) is 39.1 Å². The van der Waals surface area contributed by atoms with Gasteiger partial charge in [0.15, 0.2) is 5.16 Å². The molecule has 6 heteroatoms. The molecular weight excluding hydrogens is 320 g/mol. The van der Waals surface area contributed by atoms with Crippen LogP contribution in [0, 0.1) is 6.92 Å². The van der Waals surface area contributed by atoms with Gasteiger partial charge in [-0.1, -0.05) is 55.4 Å². The number of carbonyl (C=O) groups excluding carboxylic acids is 1. The van der Waals surface area contributed by atoms with Gasteiger partial charge >= 0.3 is 0 Å². The highest BCUT2D eigenvalue weighted by Gasteiger charge is 2.28. The molecule has 1 N–H and O–H groups in total. The van der Waals surface area contributed by atoms with E-state index in [-0.39, 0.29) is 11.9 Å². The van der Waals surface area contributed by atoms with Crippen LogP contribution in [0.4, 0.5) is 0 Å². The topological polar surface area (TPSA) is 59.8 Å². The Morgan fingerprint density at radius 1 is 1.33 bits per heavy atom. The van der Waals surface area contributed by atoms with Crippen LogP contribution in [0.25, 0.3) is 0 Å². The van der Waals surface area contributed by atoms with Crippen LogP contribution in [0.15, 0.2) is 35.5 Å². The summed E-state index contributed by atoms with van der Waals surface area (Å²) in [6.07, 6.45) is 4.34. The maximum absolute atomic E-state index is 12.4. The van der Waals surface area contributed by atoms with Crippen LogP contribution >= 0.6 is 11.8 Å². The molecule has 0 radical (unpaired) electrons. The lowest BCUT2D eigenvalue weighted by Crippen LogP contribution is -2.30. The summed E-state index contributed by atoms with van der Waals surface area (Å²) >= 11 is 1.48. The molecule has 0 aliphatic heterocycles. The Morgan fingerprint density at radius 2 is 2.08 bits per heavy atom. The summed E-state index contributed by atoms with van der Waals surface area (Å²) in [6.45, 7) is 4.11. The molecule has 1 aromatic heterocycles. The normalized spacial score (nSPS) is 15.2. The molecule has 1 atom stereocenters. The van der Waals surface area contributed by atoms with E-state index in [4.69, 9.17) is 0 Å². The fraction of sp³-hybridized carbons (Fsp3) is 0.500. The van der Waals surface area contributed by atoms with Crippen molar-refractivity contribution in [3.8, 4) is 0 Å². The monoisotopic (exact) mass is 344 g/mol. The number of thioether (sulfide) groups is 1. The zero-order valence-corrected chi connectivity index (χ0v) is 15.1. The summed E-state index contributed by atoms with van der Waals surface area (Å²) < 4.78 is 2.17. The molecule has 128 valence electrons. The molecule has 0 unspecified atom stereocenters. The van der Waals surface area contributed by atoms with E-state index >= 15 is 0 Å². The molecule has 0 spiro atoms. The van der Waals surface area contributed by atoms with E-state index in [0.29, 0.717) is 11.8 Å². The molecule has 0 saturated heterocycles. The van der Waals surface area contributed by atoms with Crippen molar-refractivity contribution in [1.82, 2.24) is 20.1 Å². The second-order valence-electron chi connectivity index (χ2n) is 6.24. The van der Waals surface area contributed by atoms with Crippen molar-refractivity contribution < 1.29 is 4.79 Å². The molecule has 0 bridgehead atoms. The average molecular weight is 344 g/mol. The van der Waals surface area contributed by atoms with Gasteiger partial charge in [0.25, 0.3) is 0 Å². The predicted octanol–water partition coefficient (Wildman–Crippen LogP) is 3.67. The van der Waals surface area contributed by atoms with Crippen molar-refractivity contribution in [1.29, 1.82) is 0 Å². The van der Waals surface area contributed by atoms with Crippen molar-refractivity contribution in [2.45, 2.75) is 56.8 Å². The smallest absolute Gasteiger partial charge is 0.230 e. The van der Waals surface area contributed by atoms with Gasteiger partial charge in [-0.25, -0.2) is 0 Å². The van der Waals surface area contributed by atoms with Gasteiger partial charge in [-0.3, -0.25) is 4.79 Å². The Labute approximate surface area is 147 Å². The zero-order chi connectivity index (χ0) is 16.9. The number of hydrogen-bond acceptors (Lipinski definition) is 4. The van der Waals surface area contributed by atoms with Gasteiger partial charge < -0.3 is 9.88 Å².